The largest absolute Gasteiger partial charge is 0.456 e. The molecule has 1 aliphatic carbocycles. The van der Waals surface area contributed by atoms with Crippen LogP contribution in [0.4, 0.5) is 0 Å². The summed E-state index contributed by atoms with van der Waals surface area (Å²) in [4.78, 5) is 14.9. The van der Waals surface area contributed by atoms with Crippen LogP contribution in [0.15, 0.2) is 180 Å². The van der Waals surface area contributed by atoms with Crippen molar-refractivity contribution in [1.29, 1.82) is 0 Å². The lowest BCUT2D eigenvalue weighted by Crippen LogP contribution is -2.00. The second kappa shape index (κ2) is 13.4. The van der Waals surface area contributed by atoms with Crippen LogP contribution in [0.2, 0.25) is 0 Å². The molecular formula is C51H33N3OS. The molecule has 56 heavy (non-hydrogen) atoms. The van der Waals surface area contributed by atoms with Crippen molar-refractivity contribution < 1.29 is 4.42 Å². The van der Waals surface area contributed by atoms with E-state index in [2.05, 4.69) is 115 Å². The first kappa shape index (κ1) is 32.5. The first-order valence-electron chi connectivity index (χ1n) is 19.0. The second-order valence-corrected chi connectivity index (χ2v) is 15.3. The van der Waals surface area contributed by atoms with Gasteiger partial charge in [-0.1, -0.05) is 146 Å². The SMILES string of the molecule is C1=CC(c2ccc(-c3ccc4c(c3)oc3cccc(-c5cccc(-c6nc(-c7ccccc7)nc(-c7ccccc7)n6)c5)c34)c3sc4ccccc4c23)=CCC1. The summed E-state index contributed by atoms with van der Waals surface area (Å²) >= 11 is 1.87. The molecule has 0 atom stereocenters. The highest BCUT2D eigenvalue weighted by molar-refractivity contribution is 7.26. The summed E-state index contributed by atoms with van der Waals surface area (Å²) in [6, 6.07) is 55.1. The van der Waals surface area contributed by atoms with Gasteiger partial charge in [0.1, 0.15) is 11.2 Å². The van der Waals surface area contributed by atoms with E-state index >= 15 is 0 Å². The van der Waals surface area contributed by atoms with Crippen molar-refractivity contribution in [3.8, 4) is 56.4 Å². The molecule has 11 rings (SSSR count). The zero-order valence-electron chi connectivity index (χ0n) is 30.3. The number of nitrogens with zero attached hydrogens (tertiary/aromatic N) is 3. The third kappa shape index (κ3) is 5.55. The standard InChI is InChI=1S/C51H33N3OS/c1-4-14-32(15-5-1)39-28-29-40(48-47(39)42-22-10-11-25-45(42)56-48)36-26-27-41-44(31-36)55-43-24-13-23-38(46(41)43)35-20-12-21-37(30-35)51-53-49(33-16-6-2-7-17-33)52-50(54-51)34-18-8-3-9-19-34/h2-4,6-31H,1,5H2. The summed E-state index contributed by atoms with van der Waals surface area (Å²) in [5.74, 6) is 1.91. The van der Waals surface area contributed by atoms with Crippen LogP contribution in [0.25, 0.3) is 104 Å². The molecule has 0 unspecified atom stereocenters. The molecule has 1 aliphatic rings. The predicted molar refractivity (Wildman–Crippen MR) is 234 cm³/mol. The van der Waals surface area contributed by atoms with Gasteiger partial charge >= 0.3 is 0 Å². The number of rotatable bonds is 6. The van der Waals surface area contributed by atoms with Crippen molar-refractivity contribution in [3.05, 3.63) is 182 Å². The third-order valence-corrected chi connectivity index (χ3v) is 12.0. The topological polar surface area (TPSA) is 51.8 Å². The quantitative estimate of drug-likeness (QED) is 0.171. The van der Waals surface area contributed by atoms with Crippen LogP contribution in [0.3, 0.4) is 0 Å². The van der Waals surface area contributed by atoms with Crippen LogP contribution in [-0.2, 0) is 0 Å². The van der Waals surface area contributed by atoms with Gasteiger partial charge in [-0.3, -0.25) is 0 Å². The number of benzene rings is 7. The molecule has 0 N–H and O–H groups in total. The van der Waals surface area contributed by atoms with E-state index in [1.807, 2.05) is 72.0 Å². The van der Waals surface area contributed by atoms with Crippen LogP contribution in [0, 0.1) is 0 Å². The Labute approximate surface area is 327 Å². The molecule has 0 fully saturated rings. The van der Waals surface area contributed by atoms with Crippen LogP contribution in [0.5, 0.6) is 0 Å². The lowest BCUT2D eigenvalue weighted by Gasteiger charge is -2.12. The first-order valence-corrected chi connectivity index (χ1v) is 19.8. The van der Waals surface area contributed by atoms with Gasteiger partial charge in [0.05, 0.1) is 0 Å². The minimum Gasteiger partial charge on any atom is -0.456 e. The number of thiophene rings is 1. The van der Waals surface area contributed by atoms with E-state index in [0.717, 1.165) is 68.2 Å². The van der Waals surface area contributed by atoms with Gasteiger partial charge in [0, 0.05) is 47.6 Å². The van der Waals surface area contributed by atoms with Crippen LogP contribution >= 0.6 is 11.3 Å². The average molecular weight is 736 g/mol. The van der Waals surface area contributed by atoms with Crippen molar-refractivity contribution in [2.75, 3.05) is 0 Å². The Bertz CT molecular complexity index is 3130. The molecule has 0 spiro atoms. The molecule has 0 bridgehead atoms. The fourth-order valence-corrected chi connectivity index (χ4v) is 9.37. The maximum absolute atomic E-state index is 6.66. The molecule has 0 aliphatic heterocycles. The molecule has 3 heterocycles. The van der Waals surface area contributed by atoms with Gasteiger partial charge in [0.15, 0.2) is 17.5 Å². The number of hydrogen-bond donors (Lipinski definition) is 0. The van der Waals surface area contributed by atoms with Crippen molar-refractivity contribution in [2.24, 2.45) is 0 Å². The smallest absolute Gasteiger partial charge is 0.164 e. The number of fused-ring (bicyclic) bond motifs is 6. The fourth-order valence-electron chi connectivity index (χ4n) is 8.11. The number of hydrogen-bond acceptors (Lipinski definition) is 5. The van der Waals surface area contributed by atoms with Crippen molar-refractivity contribution in [2.45, 2.75) is 12.8 Å². The van der Waals surface area contributed by atoms with E-state index in [-0.39, 0.29) is 0 Å². The highest BCUT2D eigenvalue weighted by Gasteiger charge is 2.19. The van der Waals surface area contributed by atoms with Gasteiger partial charge in [-0.2, -0.15) is 0 Å². The van der Waals surface area contributed by atoms with E-state index in [9.17, 15) is 0 Å². The summed E-state index contributed by atoms with van der Waals surface area (Å²) in [7, 11) is 0. The minimum atomic E-state index is 0.628. The van der Waals surface area contributed by atoms with E-state index < -0.39 is 0 Å². The highest BCUT2D eigenvalue weighted by Crippen LogP contribution is 2.46. The van der Waals surface area contributed by atoms with E-state index in [1.54, 1.807) is 0 Å². The van der Waals surface area contributed by atoms with E-state index in [4.69, 9.17) is 19.4 Å². The Balaban J connectivity index is 1.03. The zero-order chi connectivity index (χ0) is 37.0. The Morgan fingerprint density at radius 3 is 1.88 bits per heavy atom. The fraction of sp³-hybridized carbons (Fsp3) is 0.0392. The normalized spacial score (nSPS) is 12.9. The molecule has 7 aromatic carbocycles. The molecule has 10 aromatic rings. The summed E-state index contributed by atoms with van der Waals surface area (Å²) in [6.07, 6.45) is 9.13. The Morgan fingerprint density at radius 2 is 1.11 bits per heavy atom. The molecule has 0 radical (unpaired) electrons. The Morgan fingerprint density at radius 1 is 0.446 bits per heavy atom. The van der Waals surface area contributed by atoms with Gasteiger partial charge in [-0.15, -0.1) is 11.3 Å². The maximum atomic E-state index is 6.66. The van der Waals surface area contributed by atoms with Gasteiger partial charge < -0.3 is 4.42 Å². The lowest BCUT2D eigenvalue weighted by atomic mass is 9.92. The number of allylic oxidation sites excluding steroid dienone is 4. The van der Waals surface area contributed by atoms with Crippen molar-refractivity contribution in [3.63, 3.8) is 0 Å². The summed E-state index contributed by atoms with van der Waals surface area (Å²) in [6.45, 7) is 0. The molecule has 5 heteroatoms. The monoisotopic (exact) mass is 735 g/mol. The first-order chi connectivity index (χ1) is 27.7. The number of furan rings is 1. The van der Waals surface area contributed by atoms with Crippen LogP contribution in [-0.4, -0.2) is 15.0 Å². The van der Waals surface area contributed by atoms with Crippen LogP contribution in [0.1, 0.15) is 18.4 Å². The third-order valence-electron chi connectivity index (χ3n) is 10.8. The van der Waals surface area contributed by atoms with Crippen molar-refractivity contribution >= 4 is 59.0 Å². The molecule has 0 amide bonds. The van der Waals surface area contributed by atoms with Gasteiger partial charge in [-0.25, -0.2) is 15.0 Å². The molecular weight excluding hydrogens is 703 g/mol. The average Bonchev–Trinajstić information content (AvgIpc) is 3.86. The molecule has 4 nitrogen and oxygen atoms in total. The lowest BCUT2D eigenvalue weighted by molar-refractivity contribution is 0.669. The summed E-state index contributed by atoms with van der Waals surface area (Å²) in [5, 5.41) is 4.82. The second-order valence-electron chi connectivity index (χ2n) is 14.2. The molecule has 264 valence electrons. The maximum Gasteiger partial charge on any atom is 0.164 e. The van der Waals surface area contributed by atoms with Gasteiger partial charge in [-0.05, 0) is 76.6 Å². The molecule has 3 aromatic heterocycles. The van der Waals surface area contributed by atoms with Crippen LogP contribution < -0.4 is 0 Å². The highest BCUT2D eigenvalue weighted by atomic mass is 32.1. The van der Waals surface area contributed by atoms with E-state index in [0.29, 0.717) is 17.5 Å². The van der Waals surface area contributed by atoms with Gasteiger partial charge in [0.25, 0.3) is 0 Å². The van der Waals surface area contributed by atoms with Crippen molar-refractivity contribution in [1.82, 2.24) is 15.0 Å². The minimum absolute atomic E-state index is 0.628. The van der Waals surface area contributed by atoms with Gasteiger partial charge in [0.2, 0.25) is 0 Å². The molecule has 0 saturated heterocycles. The molecule has 0 saturated carbocycles. The summed E-state index contributed by atoms with van der Waals surface area (Å²) < 4.78 is 9.27. The van der Waals surface area contributed by atoms with E-state index in [1.165, 1.54) is 36.9 Å². The Kier molecular flexibility index (Phi) is 7.78. The number of aromatic nitrogens is 3. The Hall–Kier alpha value is -6.95. The predicted octanol–water partition coefficient (Wildman–Crippen LogP) is 14.2. The summed E-state index contributed by atoms with van der Waals surface area (Å²) in [5.41, 5.74) is 11.7. The zero-order valence-corrected chi connectivity index (χ0v) is 31.1.